The molecule has 10 heteroatoms. The number of carbonyl (C=O) groups excluding carboxylic acids is 1. The summed E-state index contributed by atoms with van der Waals surface area (Å²) in [6.07, 6.45) is 1.50. The Kier molecular flexibility index (Phi) is 7.63. The second-order valence-electron chi connectivity index (χ2n) is 7.22. The van der Waals surface area contributed by atoms with Gasteiger partial charge in [0.25, 0.3) is 5.91 Å². The Morgan fingerprint density at radius 2 is 1.77 bits per heavy atom. The van der Waals surface area contributed by atoms with Gasteiger partial charge in [-0.3, -0.25) is 9.36 Å². The number of carbonyl (C=O) groups is 1. The van der Waals surface area contributed by atoms with Crippen molar-refractivity contribution in [2.45, 2.75) is 5.16 Å². The molecule has 0 aliphatic rings. The van der Waals surface area contributed by atoms with Crippen LogP contribution in [0.2, 0.25) is 0 Å². The highest BCUT2D eigenvalue weighted by Crippen LogP contribution is 2.34. The third kappa shape index (κ3) is 5.79. The van der Waals surface area contributed by atoms with Gasteiger partial charge in [-0.05, 0) is 60.2 Å². The summed E-state index contributed by atoms with van der Waals surface area (Å²) in [7, 11) is 3.16. The van der Waals surface area contributed by atoms with E-state index in [2.05, 4.69) is 20.7 Å². The Labute approximate surface area is 206 Å². The number of nitrogens with one attached hydrogen (secondary N) is 1. The Bertz CT molecular complexity index is 1320. The first kappa shape index (κ1) is 23.8. The van der Waals surface area contributed by atoms with Crippen molar-refractivity contribution in [3.8, 4) is 34.3 Å². The first-order valence-electron chi connectivity index (χ1n) is 10.6. The van der Waals surface area contributed by atoms with Crippen LogP contribution in [0, 0.1) is 0 Å². The van der Waals surface area contributed by atoms with E-state index in [4.69, 9.17) is 9.47 Å². The van der Waals surface area contributed by atoms with Gasteiger partial charge in [0.15, 0.2) is 22.5 Å². The number of aromatic hydroxyl groups is 1. The molecule has 0 unspecified atom stereocenters. The topological polar surface area (TPSA) is 111 Å². The number of aromatic nitrogens is 3. The van der Waals surface area contributed by atoms with E-state index in [9.17, 15) is 9.90 Å². The number of phenols is 1. The van der Waals surface area contributed by atoms with E-state index in [-0.39, 0.29) is 17.4 Å². The van der Waals surface area contributed by atoms with Crippen LogP contribution in [0.15, 0.2) is 83.1 Å². The second-order valence-corrected chi connectivity index (χ2v) is 8.16. The zero-order valence-corrected chi connectivity index (χ0v) is 19.9. The maximum atomic E-state index is 12.4. The molecule has 1 heterocycles. The van der Waals surface area contributed by atoms with Crippen molar-refractivity contribution in [2.24, 2.45) is 5.10 Å². The van der Waals surface area contributed by atoms with Crippen molar-refractivity contribution in [2.75, 3.05) is 20.0 Å². The molecule has 3 aromatic carbocycles. The van der Waals surface area contributed by atoms with Gasteiger partial charge in [0, 0.05) is 11.3 Å². The van der Waals surface area contributed by atoms with Crippen LogP contribution in [0.3, 0.4) is 0 Å². The number of ether oxygens (including phenoxy) is 2. The molecule has 0 aliphatic carbocycles. The fourth-order valence-electron chi connectivity index (χ4n) is 3.24. The quantitative estimate of drug-likeness (QED) is 0.208. The molecule has 4 aromatic rings. The predicted molar refractivity (Wildman–Crippen MR) is 134 cm³/mol. The molecule has 0 saturated heterocycles. The number of benzene rings is 3. The number of amides is 1. The van der Waals surface area contributed by atoms with Crippen LogP contribution in [0.25, 0.3) is 17.1 Å². The SMILES string of the molecule is COc1ccc(-c2nnc(SCC(=O)NN=Cc3ccc(O)cc3)n2-c2ccccc2)cc1OC. The molecule has 35 heavy (non-hydrogen) atoms. The van der Waals surface area contributed by atoms with Crippen LogP contribution >= 0.6 is 11.8 Å². The molecule has 0 aliphatic heterocycles. The van der Waals surface area contributed by atoms with Crippen molar-refractivity contribution >= 4 is 23.9 Å². The normalized spacial score (nSPS) is 10.9. The van der Waals surface area contributed by atoms with Gasteiger partial charge in [-0.25, -0.2) is 5.43 Å². The average Bonchev–Trinajstić information content (AvgIpc) is 3.32. The number of hydrogen-bond donors (Lipinski definition) is 2. The molecular weight excluding hydrogens is 466 g/mol. The maximum absolute atomic E-state index is 12.4. The van der Waals surface area contributed by atoms with Crippen molar-refractivity contribution in [1.82, 2.24) is 20.2 Å². The summed E-state index contributed by atoms with van der Waals surface area (Å²) in [6, 6.07) is 21.7. The Morgan fingerprint density at radius 3 is 2.49 bits per heavy atom. The number of rotatable bonds is 9. The lowest BCUT2D eigenvalue weighted by atomic mass is 10.2. The molecule has 178 valence electrons. The van der Waals surface area contributed by atoms with Gasteiger partial charge >= 0.3 is 0 Å². The number of thioether (sulfide) groups is 1. The van der Waals surface area contributed by atoms with Crippen molar-refractivity contribution in [3.05, 3.63) is 78.4 Å². The molecule has 0 atom stereocenters. The van der Waals surface area contributed by atoms with E-state index in [1.165, 1.54) is 18.0 Å². The van der Waals surface area contributed by atoms with Gasteiger partial charge in [-0.2, -0.15) is 5.10 Å². The fourth-order valence-corrected chi connectivity index (χ4v) is 3.98. The van der Waals surface area contributed by atoms with Crippen molar-refractivity contribution in [3.63, 3.8) is 0 Å². The van der Waals surface area contributed by atoms with E-state index < -0.39 is 0 Å². The monoisotopic (exact) mass is 489 g/mol. The fraction of sp³-hybridized carbons (Fsp3) is 0.120. The zero-order valence-electron chi connectivity index (χ0n) is 19.1. The smallest absolute Gasteiger partial charge is 0.250 e. The van der Waals surface area contributed by atoms with Gasteiger partial charge in [0.05, 0.1) is 26.2 Å². The Balaban J connectivity index is 1.54. The molecule has 1 amide bonds. The molecule has 0 spiro atoms. The minimum atomic E-state index is -0.291. The summed E-state index contributed by atoms with van der Waals surface area (Å²) >= 11 is 1.25. The highest BCUT2D eigenvalue weighted by molar-refractivity contribution is 7.99. The number of phenolic OH excluding ortho intramolecular Hbond substituents is 1. The van der Waals surface area contributed by atoms with Crippen molar-refractivity contribution in [1.29, 1.82) is 0 Å². The second kappa shape index (κ2) is 11.2. The van der Waals surface area contributed by atoms with Crippen LogP contribution in [-0.2, 0) is 4.79 Å². The van der Waals surface area contributed by atoms with Crippen LogP contribution in [-0.4, -0.2) is 52.0 Å². The van der Waals surface area contributed by atoms with E-state index in [1.807, 2.05) is 53.1 Å². The number of hydrazone groups is 1. The van der Waals surface area contributed by atoms with Crippen molar-refractivity contribution < 1.29 is 19.4 Å². The number of hydrogen-bond acceptors (Lipinski definition) is 8. The molecule has 0 fully saturated rings. The highest BCUT2D eigenvalue weighted by Gasteiger charge is 2.18. The van der Waals surface area contributed by atoms with Crippen LogP contribution in [0.5, 0.6) is 17.2 Å². The molecule has 0 bridgehead atoms. The summed E-state index contributed by atoms with van der Waals surface area (Å²) < 4.78 is 12.7. The molecule has 2 N–H and O–H groups in total. The average molecular weight is 490 g/mol. The predicted octanol–water partition coefficient (Wildman–Crippen LogP) is 3.90. The first-order chi connectivity index (χ1) is 17.1. The number of nitrogens with zero attached hydrogens (tertiary/aromatic N) is 4. The standard InChI is InChI=1S/C25H23N5O4S/c1-33-21-13-10-18(14-22(21)34-2)24-28-29-25(30(24)19-6-4-3-5-7-19)35-16-23(32)27-26-15-17-8-11-20(31)12-9-17/h3-15,31H,16H2,1-2H3,(H,27,32). The van der Waals surface area contributed by atoms with Gasteiger partial charge < -0.3 is 14.6 Å². The third-order valence-corrected chi connectivity index (χ3v) is 5.85. The number of methoxy groups -OCH3 is 2. The van der Waals surface area contributed by atoms with Gasteiger partial charge in [-0.15, -0.1) is 10.2 Å². The first-order valence-corrected chi connectivity index (χ1v) is 11.5. The van der Waals surface area contributed by atoms with E-state index >= 15 is 0 Å². The van der Waals surface area contributed by atoms with Gasteiger partial charge in [-0.1, -0.05) is 30.0 Å². The minimum absolute atomic E-state index is 0.0871. The van der Waals surface area contributed by atoms with Crippen LogP contribution < -0.4 is 14.9 Å². The highest BCUT2D eigenvalue weighted by atomic mass is 32.2. The molecular formula is C25H23N5O4S. The van der Waals surface area contributed by atoms with Crippen LogP contribution in [0.1, 0.15) is 5.56 Å². The van der Waals surface area contributed by atoms with Crippen LogP contribution in [0.4, 0.5) is 0 Å². The molecule has 1 aromatic heterocycles. The summed E-state index contributed by atoms with van der Waals surface area (Å²) in [5.74, 6) is 1.75. The Morgan fingerprint density at radius 1 is 1.03 bits per heavy atom. The summed E-state index contributed by atoms with van der Waals surface area (Å²) in [5.41, 5.74) is 4.89. The molecule has 4 rings (SSSR count). The van der Waals surface area contributed by atoms with Gasteiger partial charge in [0.1, 0.15) is 5.75 Å². The molecule has 9 nitrogen and oxygen atoms in total. The molecule has 0 saturated carbocycles. The van der Waals surface area contributed by atoms with E-state index in [1.54, 1.807) is 38.5 Å². The summed E-state index contributed by atoms with van der Waals surface area (Å²) in [4.78, 5) is 12.4. The summed E-state index contributed by atoms with van der Waals surface area (Å²) in [5, 5.41) is 22.6. The van der Waals surface area contributed by atoms with E-state index in [0.717, 1.165) is 16.8 Å². The Hall–Kier alpha value is -4.31. The third-order valence-electron chi connectivity index (χ3n) is 4.92. The zero-order chi connectivity index (χ0) is 24.6. The lowest BCUT2D eigenvalue weighted by Crippen LogP contribution is -2.20. The van der Waals surface area contributed by atoms with Gasteiger partial charge in [0.2, 0.25) is 0 Å². The minimum Gasteiger partial charge on any atom is -0.508 e. The maximum Gasteiger partial charge on any atom is 0.250 e. The summed E-state index contributed by atoms with van der Waals surface area (Å²) in [6.45, 7) is 0. The lowest BCUT2D eigenvalue weighted by molar-refractivity contribution is -0.118. The van der Waals surface area contributed by atoms with E-state index in [0.29, 0.717) is 22.5 Å². The lowest BCUT2D eigenvalue weighted by Gasteiger charge is -2.12. The molecule has 0 radical (unpaired) electrons. The number of para-hydroxylation sites is 1. The largest absolute Gasteiger partial charge is 0.508 e.